The summed E-state index contributed by atoms with van der Waals surface area (Å²) in [7, 11) is 3.88. The van der Waals surface area contributed by atoms with E-state index < -0.39 is 0 Å². The summed E-state index contributed by atoms with van der Waals surface area (Å²) >= 11 is 0. The lowest BCUT2D eigenvalue weighted by atomic mass is 9.67. The molecule has 1 aromatic heterocycles. The van der Waals surface area contributed by atoms with Gasteiger partial charge in [0.05, 0.1) is 5.92 Å². The molecule has 1 atom stereocenters. The second-order valence-corrected chi connectivity index (χ2v) is 8.59. The van der Waals surface area contributed by atoms with Crippen molar-refractivity contribution in [2.75, 3.05) is 26.7 Å². The van der Waals surface area contributed by atoms with Crippen LogP contribution in [0.5, 0.6) is 0 Å². The molecule has 2 aliphatic heterocycles. The van der Waals surface area contributed by atoms with Gasteiger partial charge in [-0.1, -0.05) is 30.3 Å². The molecule has 0 unspecified atom stereocenters. The lowest BCUT2D eigenvalue weighted by Crippen LogP contribution is -2.52. The molecule has 4 rings (SSSR count). The molecule has 0 aliphatic carbocycles. The van der Waals surface area contributed by atoms with Crippen molar-refractivity contribution in [1.82, 2.24) is 14.4 Å². The van der Waals surface area contributed by atoms with E-state index in [1.54, 1.807) is 0 Å². The maximum atomic E-state index is 12.8. The van der Waals surface area contributed by atoms with Crippen molar-refractivity contribution in [3.63, 3.8) is 0 Å². The number of piperidine rings is 2. The molecule has 0 N–H and O–H groups in total. The van der Waals surface area contributed by atoms with E-state index in [0.717, 1.165) is 51.0 Å². The van der Waals surface area contributed by atoms with Crippen LogP contribution in [-0.2, 0) is 18.4 Å². The van der Waals surface area contributed by atoms with Gasteiger partial charge in [-0.25, -0.2) is 0 Å². The maximum Gasteiger partial charge on any atom is 0.229 e. The number of nitrogens with zero attached hydrogens (tertiary/aromatic N) is 4. The van der Waals surface area contributed by atoms with Gasteiger partial charge < -0.3 is 9.47 Å². The lowest BCUT2D eigenvalue weighted by Gasteiger charge is -2.49. The van der Waals surface area contributed by atoms with Crippen LogP contribution in [0, 0.1) is 16.7 Å². The lowest BCUT2D eigenvalue weighted by molar-refractivity contribution is -0.139. The van der Waals surface area contributed by atoms with Crippen LogP contribution < -0.4 is 0 Å². The zero-order valence-electron chi connectivity index (χ0n) is 16.8. The fourth-order valence-electron chi connectivity index (χ4n) is 5.01. The van der Waals surface area contributed by atoms with Crippen LogP contribution >= 0.6 is 0 Å². The van der Waals surface area contributed by atoms with Crippen molar-refractivity contribution in [2.45, 2.75) is 31.7 Å². The average Bonchev–Trinajstić information content (AvgIpc) is 3.06. The van der Waals surface area contributed by atoms with Crippen LogP contribution in [0.2, 0.25) is 0 Å². The van der Waals surface area contributed by atoms with E-state index in [2.05, 4.69) is 29.3 Å². The SMILES string of the molecule is CN1CC2(CCN(Cc3cc(C#N)n(C)c3)CC2)C[C@@H](c2ccccc2)C1=O. The summed E-state index contributed by atoms with van der Waals surface area (Å²) in [6.45, 7) is 3.84. The molecule has 1 spiro atoms. The van der Waals surface area contributed by atoms with Gasteiger partial charge in [0, 0.05) is 33.4 Å². The highest BCUT2D eigenvalue weighted by Gasteiger charge is 2.44. The number of likely N-dealkylation sites (N-methyl/N-ethyl adjacent to an activating group) is 1. The number of amides is 1. The predicted octanol–water partition coefficient (Wildman–Crippen LogP) is 3.12. The van der Waals surface area contributed by atoms with Gasteiger partial charge in [0.1, 0.15) is 11.8 Å². The van der Waals surface area contributed by atoms with Crippen LogP contribution in [0.3, 0.4) is 0 Å². The summed E-state index contributed by atoms with van der Waals surface area (Å²) in [6, 6.07) is 14.5. The molecule has 1 amide bonds. The van der Waals surface area contributed by atoms with Gasteiger partial charge in [-0.15, -0.1) is 0 Å². The molecule has 5 nitrogen and oxygen atoms in total. The number of hydrogen-bond acceptors (Lipinski definition) is 3. The topological polar surface area (TPSA) is 52.3 Å². The second kappa shape index (κ2) is 7.44. The monoisotopic (exact) mass is 376 g/mol. The Balaban J connectivity index is 1.44. The zero-order valence-corrected chi connectivity index (χ0v) is 16.8. The van der Waals surface area contributed by atoms with Crippen molar-refractivity contribution >= 4 is 5.91 Å². The quantitative estimate of drug-likeness (QED) is 0.827. The Morgan fingerprint density at radius 3 is 2.54 bits per heavy atom. The van der Waals surface area contributed by atoms with E-state index in [9.17, 15) is 4.79 Å². The molecule has 3 heterocycles. The van der Waals surface area contributed by atoms with E-state index in [1.807, 2.05) is 47.8 Å². The molecule has 2 aliphatic rings. The van der Waals surface area contributed by atoms with E-state index >= 15 is 0 Å². The third-order valence-corrected chi connectivity index (χ3v) is 6.59. The first kappa shape index (κ1) is 18.8. The van der Waals surface area contributed by atoms with Gasteiger partial charge >= 0.3 is 0 Å². The number of carbonyl (C=O) groups is 1. The Morgan fingerprint density at radius 1 is 1.18 bits per heavy atom. The number of rotatable bonds is 3. The third kappa shape index (κ3) is 3.57. The van der Waals surface area contributed by atoms with Crippen molar-refractivity contribution in [2.24, 2.45) is 12.5 Å². The first-order chi connectivity index (χ1) is 13.5. The number of likely N-dealkylation sites (tertiary alicyclic amines) is 2. The number of aryl methyl sites for hydroxylation is 1. The summed E-state index contributed by atoms with van der Waals surface area (Å²) in [5.74, 6) is 0.242. The first-order valence-electron chi connectivity index (χ1n) is 10.1. The fraction of sp³-hybridized carbons (Fsp3) is 0.478. The highest BCUT2D eigenvalue weighted by atomic mass is 16.2. The van der Waals surface area contributed by atoms with Crippen LogP contribution in [-0.4, -0.2) is 47.0 Å². The van der Waals surface area contributed by atoms with E-state index in [1.165, 1.54) is 5.56 Å². The summed E-state index contributed by atoms with van der Waals surface area (Å²) in [5.41, 5.74) is 3.28. The Bertz CT molecular complexity index is 887. The van der Waals surface area contributed by atoms with E-state index in [4.69, 9.17) is 5.26 Å². The zero-order chi connectivity index (χ0) is 19.7. The predicted molar refractivity (Wildman–Crippen MR) is 109 cm³/mol. The maximum absolute atomic E-state index is 12.8. The van der Waals surface area contributed by atoms with Crippen LogP contribution in [0.25, 0.3) is 0 Å². The van der Waals surface area contributed by atoms with Gasteiger partial charge in [-0.3, -0.25) is 9.69 Å². The first-order valence-corrected chi connectivity index (χ1v) is 10.1. The number of nitriles is 1. The molecule has 2 saturated heterocycles. The fourth-order valence-corrected chi connectivity index (χ4v) is 5.01. The molecule has 0 bridgehead atoms. The van der Waals surface area contributed by atoms with Crippen molar-refractivity contribution in [1.29, 1.82) is 5.26 Å². The minimum Gasteiger partial charge on any atom is -0.345 e. The summed E-state index contributed by atoms with van der Waals surface area (Å²) in [4.78, 5) is 17.2. The molecule has 146 valence electrons. The minimum absolute atomic E-state index is 0.0150. The summed E-state index contributed by atoms with van der Waals surface area (Å²) in [6.07, 6.45) is 5.25. The van der Waals surface area contributed by atoms with Gasteiger partial charge in [0.25, 0.3) is 0 Å². The van der Waals surface area contributed by atoms with Crippen molar-refractivity contribution < 1.29 is 4.79 Å². The minimum atomic E-state index is -0.0150. The Morgan fingerprint density at radius 2 is 1.89 bits per heavy atom. The summed E-state index contributed by atoms with van der Waals surface area (Å²) in [5, 5.41) is 9.15. The normalized spacial score (nSPS) is 22.4. The van der Waals surface area contributed by atoms with Gasteiger partial charge in [-0.05, 0) is 55.0 Å². The molecule has 0 saturated carbocycles. The molecule has 0 radical (unpaired) electrons. The highest BCUT2D eigenvalue weighted by Crippen LogP contribution is 2.45. The van der Waals surface area contributed by atoms with Crippen LogP contribution in [0.15, 0.2) is 42.6 Å². The molecular formula is C23H28N4O. The Labute approximate surface area is 167 Å². The number of carbonyl (C=O) groups excluding carboxylic acids is 1. The largest absolute Gasteiger partial charge is 0.345 e. The van der Waals surface area contributed by atoms with Gasteiger partial charge in [-0.2, -0.15) is 5.26 Å². The van der Waals surface area contributed by atoms with Crippen molar-refractivity contribution in [3.8, 4) is 6.07 Å². The smallest absolute Gasteiger partial charge is 0.229 e. The molecule has 2 fully saturated rings. The molecular weight excluding hydrogens is 348 g/mol. The van der Waals surface area contributed by atoms with Gasteiger partial charge in [0.15, 0.2) is 0 Å². The third-order valence-electron chi connectivity index (χ3n) is 6.59. The average molecular weight is 377 g/mol. The Kier molecular flexibility index (Phi) is 4.99. The molecule has 5 heteroatoms. The number of hydrogen-bond donors (Lipinski definition) is 0. The number of benzene rings is 1. The molecule has 1 aromatic carbocycles. The summed E-state index contributed by atoms with van der Waals surface area (Å²) < 4.78 is 1.90. The Hall–Kier alpha value is -2.58. The standard InChI is InChI=1S/C23H28N4O/c1-25-15-18(12-20(25)14-24)16-27-10-8-23(9-11-27)13-21(22(28)26(2)17-23)19-6-4-3-5-7-19/h3-7,12,15,21H,8-11,13,16-17H2,1-2H3/t21-/m0/s1. The van der Waals surface area contributed by atoms with Crippen LogP contribution in [0.1, 0.15) is 42.0 Å². The number of aromatic nitrogens is 1. The second-order valence-electron chi connectivity index (χ2n) is 8.59. The van der Waals surface area contributed by atoms with Crippen molar-refractivity contribution in [3.05, 3.63) is 59.4 Å². The van der Waals surface area contributed by atoms with E-state index in [-0.39, 0.29) is 17.2 Å². The van der Waals surface area contributed by atoms with Crippen LogP contribution in [0.4, 0.5) is 0 Å². The van der Waals surface area contributed by atoms with E-state index in [0.29, 0.717) is 5.69 Å². The highest BCUT2D eigenvalue weighted by molar-refractivity contribution is 5.84. The molecule has 2 aromatic rings. The van der Waals surface area contributed by atoms with Gasteiger partial charge in [0.2, 0.25) is 5.91 Å². The molecule has 28 heavy (non-hydrogen) atoms.